The fraction of sp³-hybridized carbons (Fsp3) is 0.429. The second-order valence-electron chi connectivity index (χ2n) is 4.96. The van der Waals surface area contributed by atoms with Crippen molar-refractivity contribution in [3.63, 3.8) is 0 Å². The average Bonchev–Trinajstić information content (AvgIpc) is 2.38. The molecule has 0 spiro atoms. The molecule has 22 heavy (non-hydrogen) atoms. The number of anilines is 2. The first kappa shape index (κ1) is 22.9. The number of amides is 2. The molecule has 2 amide bonds. The SMILES string of the molecule is CC(N)C(=O)Nc1ccc(NC(=O)CCN(C)C)cc1.Cl.Cl. The van der Waals surface area contributed by atoms with E-state index < -0.39 is 6.04 Å². The molecule has 8 heteroatoms. The highest BCUT2D eigenvalue weighted by Gasteiger charge is 2.07. The molecule has 1 rings (SSSR count). The van der Waals surface area contributed by atoms with Crippen LogP contribution in [0, 0.1) is 0 Å². The van der Waals surface area contributed by atoms with Crippen LogP contribution in [0.1, 0.15) is 13.3 Å². The van der Waals surface area contributed by atoms with Crippen LogP contribution in [0.3, 0.4) is 0 Å². The van der Waals surface area contributed by atoms with Gasteiger partial charge in [0.05, 0.1) is 6.04 Å². The summed E-state index contributed by atoms with van der Waals surface area (Å²) in [5.41, 5.74) is 6.82. The van der Waals surface area contributed by atoms with Gasteiger partial charge < -0.3 is 21.3 Å². The van der Waals surface area contributed by atoms with Gasteiger partial charge in [-0.05, 0) is 45.3 Å². The van der Waals surface area contributed by atoms with Crippen LogP contribution >= 0.6 is 24.8 Å². The fourth-order valence-corrected chi connectivity index (χ4v) is 1.44. The Bertz CT molecular complexity index is 464. The van der Waals surface area contributed by atoms with Gasteiger partial charge >= 0.3 is 0 Å². The molecule has 0 saturated heterocycles. The molecule has 6 nitrogen and oxygen atoms in total. The number of hydrogen-bond acceptors (Lipinski definition) is 4. The van der Waals surface area contributed by atoms with E-state index in [-0.39, 0.29) is 36.6 Å². The lowest BCUT2D eigenvalue weighted by Crippen LogP contribution is -2.32. The Morgan fingerprint density at radius 3 is 1.95 bits per heavy atom. The zero-order valence-corrected chi connectivity index (χ0v) is 14.6. The Labute approximate surface area is 143 Å². The maximum atomic E-state index is 11.6. The fourth-order valence-electron chi connectivity index (χ4n) is 1.44. The van der Waals surface area contributed by atoms with Crippen LogP contribution in [0.2, 0.25) is 0 Å². The van der Waals surface area contributed by atoms with Gasteiger partial charge in [-0.25, -0.2) is 0 Å². The molecular weight excluding hydrogens is 327 g/mol. The van der Waals surface area contributed by atoms with Gasteiger partial charge in [-0.2, -0.15) is 0 Å². The molecule has 0 heterocycles. The predicted octanol–water partition coefficient (Wildman–Crippen LogP) is 1.71. The second kappa shape index (κ2) is 11.3. The molecule has 0 fully saturated rings. The smallest absolute Gasteiger partial charge is 0.240 e. The van der Waals surface area contributed by atoms with Crippen molar-refractivity contribution in [2.24, 2.45) is 5.73 Å². The quantitative estimate of drug-likeness (QED) is 0.728. The van der Waals surface area contributed by atoms with E-state index in [9.17, 15) is 9.59 Å². The molecule has 0 aliphatic heterocycles. The number of carbonyl (C=O) groups is 2. The monoisotopic (exact) mass is 350 g/mol. The van der Waals surface area contributed by atoms with Crippen molar-refractivity contribution < 1.29 is 9.59 Å². The van der Waals surface area contributed by atoms with Crippen molar-refractivity contribution in [3.05, 3.63) is 24.3 Å². The van der Waals surface area contributed by atoms with Crippen molar-refractivity contribution in [2.75, 3.05) is 31.3 Å². The second-order valence-corrected chi connectivity index (χ2v) is 4.96. The highest BCUT2D eigenvalue weighted by Crippen LogP contribution is 2.14. The van der Waals surface area contributed by atoms with Gasteiger partial charge in [0.2, 0.25) is 11.8 Å². The Balaban J connectivity index is 0. The summed E-state index contributed by atoms with van der Waals surface area (Å²) in [5.74, 6) is -0.279. The zero-order valence-electron chi connectivity index (χ0n) is 13.0. The Hall–Kier alpha value is -1.34. The van der Waals surface area contributed by atoms with Crippen molar-refractivity contribution in [3.8, 4) is 0 Å². The number of carbonyl (C=O) groups excluding carboxylic acids is 2. The molecule has 0 aliphatic carbocycles. The van der Waals surface area contributed by atoms with Gasteiger partial charge in [0.1, 0.15) is 0 Å². The summed E-state index contributed by atoms with van der Waals surface area (Å²) in [4.78, 5) is 25.0. The third-order valence-electron chi connectivity index (χ3n) is 2.64. The Morgan fingerprint density at radius 2 is 1.55 bits per heavy atom. The van der Waals surface area contributed by atoms with Gasteiger partial charge in [-0.15, -0.1) is 24.8 Å². The van der Waals surface area contributed by atoms with Gasteiger partial charge in [-0.3, -0.25) is 9.59 Å². The van der Waals surface area contributed by atoms with Crippen molar-refractivity contribution >= 4 is 48.0 Å². The number of nitrogens with two attached hydrogens (primary N) is 1. The highest BCUT2D eigenvalue weighted by molar-refractivity contribution is 5.95. The predicted molar refractivity (Wildman–Crippen MR) is 95.0 cm³/mol. The summed E-state index contributed by atoms with van der Waals surface area (Å²) in [5, 5.41) is 5.48. The maximum absolute atomic E-state index is 11.6. The first-order valence-corrected chi connectivity index (χ1v) is 6.49. The summed E-state index contributed by atoms with van der Waals surface area (Å²) < 4.78 is 0. The number of nitrogens with one attached hydrogen (secondary N) is 2. The van der Waals surface area contributed by atoms with E-state index in [1.807, 2.05) is 19.0 Å². The topological polar surface area (TPSA) is 87.5 Å². The summed E-state index contributed by atoms with van der Waals surface area (Å²) >= 11 is 0. The first-order valence-electron chi connectivity index (χ1n) is 6.49. The summed E-state index contributed by atoms with van der Waals surface area (Å²) in [6.45, 7) is 2.32. The van der Waals surface area contributed by atoms with Gasteiger partial charge in [0.25, 0.3) is 0 Å². The minimum Gasteiger partial charge on any atom is -0.326 e. The number of nitrogens with zero attached hydrogens (tertiary/aromatic N) is 1. The van der Waals surface area contributed by atoms with Crippen molar-refractivity contribution in [1.29, 1.82) is 0 Å². The van der Waals surface area contributed by atoms with Crippen LogP contribution in [0.5, 0.6) is 0 Å². The molecule has 1 aromatic rings. The van der Waals surface area contributed by atoms with E-state index >= 15 is 0 Å². The van der Waals surface area contributed by atoms with Crippen LogP contribution in [0.15, 0.2) is 24.3 Å². The van der Waals surface area contributed by atoms with E-state index in [0.717, 1.165) is 0 Å². The number of halogens is 2. The lowest BCUT2D eigenvalue weighted by atomic mass is 10.2. The first-order chi connectivity index (χ1) is 9.38. The largest absolute Gasteiger partial charge is 0.326 e. The van der Waals surface area contributed by atoms with Crippen molar-refractivity contribution in [1.82, 2.24) is 4.90 Å². The normalized spacial score (nSPS) is 11.0. The molecule has 0 bridgehead atoms. The van der Waals surface area contributed by atoms with E-state index in [2.05, 4.69) is 10.6 Å². The summed E-state index contributed by atoms with van der Waals surface area (Å²) in [6.07, 6.45) is 0.441. The molecule has 4 N–H and O–H groups in total. The highest BCUT2D eigenvalue weighted by atomic mass is 35.5. The zero-order chi connectivity index (χ0) is 15.1. The molecule has 0 saturated carbocycles. The molecular formula is C14H24Cl2N4O2. The minimum atomic E-state index is -0.555. The molecule has 0 aromatic heterocycles. The van der Waals surface area contributed by atoms with Crippen LogP contribution in [0.4, 0.5) is 11.4 Å². The molecule has 1 unspecified atom stereocenters. The number of benzene rings is 1. The van der Waals surface area contributed by atoms with Crippen LogP contribution < -0.4 is 16.4 Å². The third-order valence-corrected chi connectivity index (χ3v) is 2.64. The summed E-state index contributed by atoms with van der Waals surface area (Å²) in [6, 6.07) is 6.37. The van der Waals surface area contributed by atoms with E-state index in [0.29, 0.717) is 24.3 Å². The number of rotatable bonds is 6. The lowest BCUT2D eigenvalue weighted by Gasteiger charge is -2.11. The molecule has 1 atom stereocenters. The number of hydrogen-bond donors (Lipinski definition) is 3. The van der Waals surface area contributed by atoms with Crippen LogP contribution in [0.25, 0.3) is 0 Å². The summed E-state index contributed by atoms with van der Waals surface area (Å²) in [7, 11) is 3.84. The third kappa shape index (κ3) is 8.84. The van der Waals surface area contributed by atoms with E-state index in [1.165, 1.54) is 0 Å². The van der Waals surface area contributed by atoms with Crippen LogP contribution in [-0.2, 0) is 9.59 Å². The van der Waals surface area contributed by atoms with Crippen LogP contribution in [-0.4, -0.2) is 43.4 Å². The van der Waals surface area contributed by atoms with Crippen molar-refractivity contribution in [2.45, 2.75) is 19.4 Å². The minimum absolute atomic E-state index is 0. The van der Waals surface area contributed by atoms with Gasteiger partial charge in [0.15, 0.2) is 0 Å². The maximum Gasteiger partial charge on any atom is 0.240 e. The Morgan fingerprint density at radius 1 is 1.09 bits per heavy atom. The van der Waals surface area contributed by atoms with E-state index in [1.54, 1.807) is 31.2 Å². The molecule has 0 aliphatic rings. The standard InChI is InChI=1S/C14H22N4O2.2ClH/c1-10(15)14(20)17-12-6-4-11(5-7-12)16-13(19)8-9-18(2)3;;/h4-7,10H,8-9,15H2,1-3H3,(H,16,19)(H,17,20);2*1H. The van der Waals surface area contributed by atoms with E-state index in [4.69, 9.17) is 5.73 Å². The molecule has 0 radical (unpaired) electrons. The van der Waals surface area contributed by atoms with Gasteiger partial charge in [0, 0.05) is 24.3 Å². The van der Waals surface area contributed by atoms with Gasteiger partial charge in [-0.1, -0.05) is 0 Å². The molecule has 126 valence electrons. The average molecular weight is 351 g/mol. The lowest BCUT2D eigenvalue weighted by molar-refractivity contribution is -0.117. The molecule has 1 aromatic carbocycles. The Kier molecular flexibility index (Phi) is 11.7.